The number of anilines is 1. The Morgan fingerprint density at radius 3 is 2.58 bits per heavy atom. The van der Waals surface area contributed by atoms with Gasteiger partial charge in [-0.25, -0.2) is 0 Å². The Hall–Kier alpha value is -3.64. The summed E-state index contributed by atoms with van der Waals surface area (Å²) in [6, 6.07) is 18.0. The summed E-state index contributed by atoms with van der Waals surface area (Å²) in [4.78, 5) is 20.6. The maximum absolute atomic E-state index is 14.1. The van der Waals surface area contributed by atoms with E-state index in [1.54, 1.807) is 12.3 Å². The van der Waals surface area contributed by atoms with Crippen molar-refractivity contribution < 1.29 is 9.90 Å². The number of aromatic nitrogens is 3. The number of benzene rings is 2. The van der Waals surface area contributed by atoms with Gasteiger partial charge in [-0.05, 0) is 67.0 Å². The van der Waals surface area contributed by atoms with E-state index < -0.39 is 0 Å². The van der Waals surface area contributed by atoms with Gasteiger partial charge in [0.05, 0.1) is 37.1 Å². The van der Waals surface area contributed by atoms with Crippen LogP contribution in [0.15, 0.2) is 73.2 Å². The van der Waals surface area contributed by atoms with Gasteiger partial charge in [-0.3, -0.25) is 14.5 Å². The van der Waals surface area contributed by atoms with E-state index in [0.29, 0.717) is 19.0 Å². The van der Waals surface area contributed by atoms with Gasteiger partial charge in [-0.1, -0.05) is 55.8 Å². The number of amides is 1. The van der Waals surface area contributed by atoms with Crippen molar-refractivity contribution in [1.82, 2.24) is 14.8 Å². The van der Waals surface area contributed by atoms with Crippen LogP contribution < -0.4 is 4.90 Å². The van der Waals surface area contributed by atoms with Crippen molar-refractivity contribution in [1.29, 1.82) is 0 Å². The zero-order chi connectivity index (χ0) is 25.9. The zero-order valence-corrected chi connectivity index (χ0v) is 23.0. The highest BCUT2D eigenvalue weighted by atomic mass is 35.5. The molecule has 1 amide bonds. The molecule has 198 valence electrons. The van der Waals surface area contributed by atoms with Crippen LogP contribution in [-0.4, -0.2) is 25.8 Å². The van der Waals surface area contributed by atoms with Gasteiger partial charge in [0.1, 0.15) is 5.75 Å². The molecule has 6 nitrogen and oxygen atoms in total. The molecule has 2 aromatic heterocycles. The maximum atomic E-state index is 14.1. The minimum Gasteiger partial charge on any atom is -0.508 e. The van der Waals surface area contributed by atoms with Gasteiger partial charge in [0.15, 0.2) is 0 Å². The summed E-state index contributed by atoms with van der Waals surface area (Å²) >= 11 is 0. The van der Waals surface area contributed by atoms with E-state index in [1.807, 2.05) is 46.2 Å². The average molecular weight is 531 g/mol. The van der Waals surface area contributed by atoms with Gasteiger partial charge in [-0.2, -0.15) is 5.10 Å². The number of pyridine rings is 1. The van der Waals surface area contributed by atoms with Crippen molar-refractivity contribution in [3.05, 3.63) is 107 Å². The number of aromatic hydroxyl groups is 1. The van der Waals surface area contributed by atoms with Crippen molar-refractivity contribution in [3.8, 4) is 5.75 Å². The molecule has 0 fully saturated rings. The van der Waals surface area contributed by atoms with E-state index in [9.17, 15) is 9.90 Å². The molecular formula is C31H35ClN4O2. The highest BCUT2D eigenvalue weighted by Gasteiger charge is 2.32. The van der Waals surface area contributed by atoms with Crippen molar-refractivity contribution in [2.45, 2.75) is 65.0 Å². The van der Waals surface area contributed by atoms with Gasteiger partial charge in [-0.15, -0.1) is 12.4 Å². The van der Waals surface area contributed by atoms with Crippen molar-refractivity contribution in [2.24, 2.45) is 0 Å². The summed E-state index contributed by atoms with van der Waals surface area (Å²) in [7, 11) is 0. The summed E-state index contributed by atoms with van der Waals surface area (Å²) in [6.45, 7) is 7.38. The number of hydrogen-bond donors (Lipinski definition) is 1. The summed E-state index contributed by atoms with van der Waals surface area (Å²) in [6.07, 6.45) is 8.07. The van der Waals surface area contributed by atoms with Crippen LogP contribution in [0.2, 0.25) is 0 Å². The lowest BCUT2D eigenvalue weighted by Crippen LogP contribution is -2.36. The Morgan fingerprint density at radius 2 is 1.87 bits per heavy atom. The van der Waals surface area contributed by atoms with Gasteiger partial charge >= 0.3 is 0 Å². The number of phenolic OH excluding ortho intramolecular Hbond substituents is 1. The maximum Gasteiger partial charge on any atom is 0.234 e. The van der Waals surface area contributed by atoms with Crippen LogP contribution in [-0.2, 0) is 24.3 Å². The van der Waals surface area contributed by atoms with Crippen LogP contribution in [0.5, 0.6) is 5.75 Å². The number of aryl methyl sites for hydroxylation is 1. The number of carbonyl (C=O) groups is 1. The van der Waals surface area contributed by atoms with Crippen molar-refractivity contribution >= 4 is 24.0 Å². The van der Waals surface area contributed by atoms with Crippen LogP contribution in [0, 0.1) is 6.92 Å². The van der Waals surface area contributed by atoms with E-state index in [1.165, 1.54) is 11.1 Å². The number of fused-ring (bicyclic) bond motifs is 1. The lowest BCUT2D eigenvalue weighted by atomic mass is 9.81. The van der Waals surface area contributed by atoms with Gasteiger partial charge in [0.2, 0.25) is 5.91 Å². The molecule has 2 heterocycles. The first-order valence-electron chi connectivity index (χ1n) is 13.0. The second-order valence-electron chi connectivity index (χ2n) is 10.3. The standard InChI is InChI=1S/C31H34N4O2.ClH/c1-21(2)29-15-14-25(17-32-29)35(31(37)28-8-4-7-27-26(28)6-5-9-30(27)36)20-24-16-33-34(19-24)18-23-12-10-22(3)11-13-23;/h5-6,9-17,19,21,28,36H,4,7-8,18,20H2,1-3H3;1H. The lowest BCUT2D eigenvalue weighted by molar-refractivity contribution is -0.120. The topological polar surface area (TPSA) is 71.2 Å². The molecule has 0 saturated carbocycles. The molecular weight excluding hydrogens is 496 g/mol. The lowest BCUT2D eigenvalue weighted by Gasteiger charge is -2.31. The molecule has 0 radical (unpaired) electrons. The predicted octanol–water partition coefficient (Wildman–Crippen LogP) is 6.54. The molecule has 0 aliphatic heterocycles. The number of halogens is 1. The summed E-state index contributed by atoms with van der Waals surface area (Å²) in [5.41, 5.74) is 6.96. The normalized spacial score (nSPS) is 14.6. The summed E-state index contributed by atoms with van der Waals surface area (Å²) in [5.74, 6) is 0.313. The molecule has 1 aliphatic carbocycles. The second kappa shape index (κ2) is 11.8. The smallest absolute Gasteiger partial charge is 0.234 e. The van der Waals surface area contributed by atoms with E-state index in [2.05, 4.69) is 55.1 Å². The molecule has 5 rings (SSSR count). The van der Waals surface area contributed by atoms with Crippen LogP contribution in [0.1, 0.15) is 72.0 Å². The van der Waals surface area contributed by atoms with Gasteiger partial charge in [0, 0.05) is 17.5 Å². The van der Waals surface area contributed by atoms with E-state index in [-0.39, 0.29) is 30.0 Å². The van der Waals surface area contributed by atoms with Crippen LogP contribution in [0.4, 0.5) is 5.69 Å². The van der Waals surface area contributed by atoms with E-state index >= 15 is 0 Å². The number of nitrogens with zero attached hydrogens (tertiary/aromatic N) is 4. The fourth-order valence-electron chi connectivity index (χ4n) is 5.11. The molecule has 4 aromatic rings. The number of carbonyl (C=O) groups excluding carboxylic acids is 1. The second-order valence-corrected chi connectivity index (χ2v) is 10.3. The van der Waals surface area contributed by atoms with Crippen LogP contribution in [0.25, 0.3) is 0 Å². The SMILES string of the molecule is Cc1ccc(Cn2cc(CN(C(=O)C3CCCc4c(O)cccc43)c3ccc(C(C)C)nc3)cn2)cc1.Cl. The Balaban J connectivity index is 0.00000336. The number of phenols is 1. The van der Waals surface area contributed by atoms with Crippen molar-refractivity contribution in [2.75, 3.05) is 4.90 Å². The third-order valence-corrected chi connectivity index (χ3v) is 7.21. The first-order valence-corrected chi connectivity index (χ1v) is 13.0. The van der Waals surface area contributed by atoms with Gasteiger partial charge < -0.3 is 10.0 Å². The largest absolute Gasteiger partial charge is 0.508 e. The molecule has 7 heteroatoms. The van der Waals surface area contributed by atoms with Gasteiger partial charge in [0.25, 0.3) is 0 Å². The summed E-state index contributed by atoms with van der Waals surface area (Å²) < 4.78 is 1.91. The highest BCUT2D eigenvalue weighted by Crippen LogP contribution is 2.38. The molecule has 38 heavy (non-hydrogen) atoms. The monoisotopic (exact) mass is 530 g/mol. The van der Waals surface area contributed by atoms with Crippen LogP contribution in [0.3, 0.4) is 0 Å². The first-order chi connectivity index (χ1) is 17.9. The van der Waals surface area contributed by atoms with E-state index in [0.717, 1.165) is 47.3 Å². The van der Waals surface area contributed by atoms with Crippen LogP contribution >= 0.6 is 12.4 Å². The first kappa shape index (κ1) is 27.4. The molecule has 2 aromatic carbocycles. The quantitative estimate of drug-likeness (QED) is 0.294. The molecule has 1 N–H and O–H groups in total. The fraction of sp³-hybridized carbons (Fsp3) is 0.323. The Morgan fingerprint density at radius 1 is 1.08 bits per heavy atom. The minimum absolute atomic E-state index is 0. The molecule has 0 bridgehead atoms. The molecule has 1 atom stereocenters. The third kappa shape index (κ3) is 5.91. The Bertz CT molecular complexity index is 1380. The zero-order valence-electron chi connectivity index (χ0n) is 22.2. The van der Waals surface area contributed by atoms with E-state index in [4.69, 9.17) is 0 Å². The average Bonchev–Trinajstić information content (AvgIpc) is 3.35. The Kier molecular flexibility index (Phi) is 8.52. The molecule has 0 saturated heterocycles. The minimum atomic E-state index is -0.303. The third-order valence-electron chi connectivity index (χ3n) is 7.21. The summed E-state index contributed by atoms with van der Waals surface area (Å²) in [5, 5.41) is 15.0. The molecule has 0 spiro atoms. The van der Waals surface area contributed by atoms with Crippen molar-refractivity contribution in [3.63, 3.8) is 0 Å². The predicted molar refractivity (Wildman–Crippen MR) is 153 cm³/mol. The number of hydrogen-bond acceptors (Lipinski definition) is 4. The Labute approximate surface area is 230 Å². The fourth-order valence-corrected chi connectivity index (χ4v) is 5.11. The highest BCUT2D eigenvalue weighted by molar-refractivity contribution is 5.98. The molecule has 1 aliphatic rings. The molecule has 1 unspecified atom stereocenters. The number of rotatable bonds is 7.